The summed E-state index contributed by atoms with van der Waals surface area (Å²) < 4.78 is 33.1. The molecule has 0 bridgehead atoms. The van der Waals surface area contributed by atoms with Crippen LogP contribution in [0, 0.1) is 13.8 Å². The lowest BCUT2D eigenvalue weighted by Gasteiger charge is -2.29. The molecule has 2 aromatic rings. The van der Waals surface area contributed by atoms with Gasteiger partial charge >= 0.3 is 11.9 Å². The number of ether oxygens (including phenoxy) is 3. The molecule has 2 aromatic carbocycles. The first-order valence-electron chi connectivity index (χ1n) is 12.4. The van der Waals surface area contributed by atoms with E-state index in [1.807, 2.05) is 13.0 Å². The predicted molar refractivity (Wildman–Crippen MR) is 137 cm³/mol. The summed E-state index contributed by atoms with van der Waals surface area (Å²) in [5.74, 6) is -2.75. The number of hydrogen-bond donors (Lipinski definition) is 2. The minimum Gasteiger partial charge on any atom is -0.478 e. The van der Waals surface area contributed by atoms with E-state index in [0.717, 1.165) is 5.56 Å². The number of aliphatic hydroxyl groups excluding tert-OH is 1. The van der Waals surface area contributed by atoms with Crippen molar-refractivity contribution in [1.82, 2.24) is 0 Å². The van der Waals surface area contributed by atoms with E-state index in [2.05, 4.69) is 0 Å². The van der Waals surface area contributed by atoms with Crippen molar-refractivity contribution in [2.75, 3.05) is 6.61 Å². The fraction of sp³-hybridized carbons (Fsp3) is 0.448. The molecule has 7 nitrogen and oxygen atoms in total. The Morgan fingerprint density at radius 2 is 1.86 bits per heavy atom. The van der Waals surface area contributed by atoms with Crippen molar-refractivity contribution < 1.29 is 38.4 Å². The van der Waals surface area contributed by atoms with Gasteiger partial charge in [0.25, 0.3) is 0 Å². The topological polar surface area (TPSA) is 102 Å². The van der Waals surface area contributed by atoms with Crippen LogP contribution in [0.4, 0.5) is 4.39 Å². The van der Waals surface area contributed by atoms with Gasteiger partial charge in [0.2, 0.25) is 0 Å². The van der Waals surface area contributed by atoms with E-state index >= 15 is 4.39 Å². The SMILES string of the molecule is Cc1cc(C)c(C(=O)O)c(/C=C/C[C@@H]2OC(C)(C)O[C@@H]2C(OC(=O)c2ccccc2)C(F)CCCO)c1. The lowest BCUT2D eigenvalue weighted by atomic mass is 9.96. The van der Waals surface area contributed by atoms with Crippen LogP contribution < -0.4 is 0 Å². The van der Waals surface area contributed by atoms with E-state index in [4.69, 9.17) is 14.2 Å². The van der Waals surface area contributed by atoms with Crippen molar-refractivity contribution in [3.63, 3.8) is 0 Å². The molecule has 0 amide bonds. The highest BCUT2D eigenvalue weighted by Gasteiger charge is 2.48. The van der Waals surface area contributed by atoms with Crippen LogP contribution in [-0.4, -0.2) is 59.0 Å². The van der Waals surface area contributed by atoms with Gasteiger partial charge in [-0.25, -0.2) is 14.0 Å². The molecular weight excluding hydrogens is 479 g/mol. The molecule has 37 heavy (non-hydrogen) atoms. The van der Waals surface area contributed by atoms with Crippen molar-refractivity contribution in [2.45, 2.75) is 77.2 Å². The van der Waals surface area contributed by atoms with Gasteiger partial charge in [-0.3, -0.25) is 0 Å². The van der Waals surface area contributed by atoms with Gasteiger partial charge in [0.1, 0.15) is 12.3 Å². The molecule has 0 aromatic heterocycles. The molecule has 0 saturated carbocycles. The largest absolute Gasteiger partial charge is 0.478 e. The number of halogens is 1. The number of aliphatic hydroxyl groups is 1. The molecule has 2 unspecified atom stereocenters. The third-order valence-corrected chi connectivity index (χ3v) is 6.18. The zero-order chi connectivity index (χ0) is 27.2. The van der Waals surface area contributed by atoms with Gasteiger partial charge in [0, 0.05) is 6.61 Å². The van der Waals surface area contributed by atoms with E-state index in [-0.39, 0.29) is 37.0 Å². The number of carboxylic acids is 1. The van der Waals surface area contributed by atoms with E-state index in [9.17, 15) is 19.8 Å². The number of esters is 1. The highest BCUT2D eigenvalue weighted by Crippen LogP contribution is 2.35. The van der Waals surface area contributed by atoms with Crippen LogP contribution in [0.2, 0.25) is 0 Å². The summed E-state index contributed by atoms with van der Waals surface area (Å²) in [4.78, 5) is 24.6. The van der Waals surface area contributed by atoms with Crippen LogP contribution in [0.3, 0.4) is 0 Å². The van der Waals surface area contributed by atoms with Crippen LogP contribution in [0.5, 0.6) is 0 Å². The molecule has 1 fully saturated rings. The summed E-state index contributed by atoms with van der Waals surface area (Å²) in [6, 6.07) is 11.9. The molecule has 2 N–H and O–H groups in total. The average molecular weight is 515 g/mol. The number of carboxylic acid groups (broad SMARTS) is 1. The van der Waals surface area contributed by atoms with Gasteiger partial charge < -0.3 is 24.4 Å². The number of carbonyl (C=O) groups is 2. The Morgan fingerprint density at radius 1 is 1.16 bits per heavy atom. The number of hydrogen-bond acceptors (Lipinski definition) is 6. The van der Waals surface area contributed by atoms with Crippen LogP contribution in [-0.2, 0) is 14.2 Å². The van der Waals surface area contributed by atoms with Crippen LogP contribution in [0.1, 0.15) is 70.5 Å². The predicted octanol–water partition coefficient (Wildman–Crippen LogP) is 5.26. The summed E-state index contributed by atoms with van der Waals surface area (Å²) in [7, 11) is 0. The van der Waals surface area contributed by atoms with Crippen molar-refractivity contribution >= 4 is 18.0 Å². The van der Waals surface area contributed by atoms with Gasteiger partial charge in [-0.15, -0.1) is 0 Å². The molecule has 4 atom stereocenters. The first kappa shape index (κ1) is 28.5. The van der Waals surface area contributed by atoms with E-state index in [1.165, 1.54) is 0 Å². The van der Waals surface area contributed by atoms with Gasteiger partial charge in [0.05, 0.1) is 17.2 Å². The number of aromatic carboxylic acids is 1. The smallest absolute Gasteiger partial charge is 0.338 e. The summed E-state index contributed by atoms with van der Waals surface area (Å²) in [5, 5.41) is 18.9. The van der Waals surface area contributed by atoms with E-state index in [0.29, 0.717) is 11.1 Å². The fourth-order valence-electron chi connectivity index (χ4n) is 4.64. The summed E-state index contributed by atoms with van der Waals surface area (Å²) in [6.45, 7) is 6.85. The maximum absolute atomic E-state index is 15.4. The Kier molecular flexibility index (Phi) is 9.59. The van der Waals surface area contributed by atoms with Crippen molar-refractivity contribution in [3.05, 3.63) is 76.4 Å². The zero-order valence-corrected chi connectivity index (χ0v) is 21.6. The maximum atomic E-state index is 15.4. The number of benzene rings is 2. The Morgan fingerprint density at radius 3 is 2.51 bits per heavy atom. The molecule has 3 rings (SSSR count). The second-order valence-corrected chi connectivity index (χ2v) is 9.75. The summed E-state index contributed by atoms with van der Waals surface area (Å²) >= 11 is 0. The van der Waals surface area contributed by atoms with E-state index < -0.39 is 42.2 Å². The summed E-state index contributed by atoms with van der Waals surface area (Å²) in [6.07, 6.45) is -0.512. The van der Waals surface area contributed by atoms with Crippen molar-refractivity contribution in [2.24, 2.45) is 0 Å². The molecule has 1 saturated heterocycles. The lowest BCUT2D eigenvalue weighted by Crippen LogP contribution is -2.44. The van der Waals surface area contributed by atoms with E-state index in [1.54, 1.807) is 69.3 Å². The number of rotatable bonds is 11. The van der Waals surface area contributed by atoms with Gasteiger partial charge in [-0.05, 0) is 70.2 Å². The molecule has 200 valence electrons. The molecule has 1 aliphatic rings. The minimum absolute atomic E-state index is 0.0172. The van der Waals surface area contributed by atoms with Gasteiger partial charge in [-0.2, -0.15) is 0 Å². The molecule has 1 heterocycles. The number of carbonyl (C=O) groups excluding carboxylic acids is 1. The lowest BCUT2D eigenvalue weighted by molar-refractivity contribution is -0.160. The third kappa shape index (κ3) is 7.47. The Labute approximate surface area is 216 Å². The highest BCUT2D eigenvalue weighted by atomic mass is 19.1. The van der Waals surface area contributed by atoms with Crippen LogP contribution >= 0.6 is 0 Å². The zero-order valence-electron chi connectivity index (χ0n) is 21.6. The number of aryl methyl sites for hydroxylation is 2. The van der Waals surface area contributed by atoms with Gasteiger partial charge in [0.15, 0.2) is 11.9 Å². The Balaban J connectivity index is 1.86. The summed E-state index contributed by atoms with van der Waals surface area (Å²) in [5.41, 5.74) is 2.64. The quantitative estimate of drug-likeness (QED) is 0.394. The monoisotopic (exact) mass is 514 g/mol. The van der Waals surface area contributed by atoms with Gasteiger partial charge in [-0.1, -0.05) is 48.0 Å². The maximum Gasteiger partial charge on any atom is 0.338 e. The molecule has 0 aliphatic carbocycles. The first-order valence-corrected chi connectivity index (χ1v) is 12.4. The van der Waals surface area contributed by atoms with Crippen LogP contribution in [0.25, 0.3) is 6.08 Å². The Hall–Kier alpha value is -3.07. The highest BCUT2D eigenvalue weighted by molar-refractivity contribution is 5.94. The second-order valence-electron chi connectivity index (χ2n) is 9.75. The Bertz CT molecular complexity index is 1110. The minimum atomic E-state index is -1.59. The third-order valence-electron chi connectivity index (χ3n) is 6.18. The van der Waals surface area contributed by atoms with Crippen molar-refractivity contribution in [1.29, 1.82) is 0 Å². The molecule has 1 aliphatic heterocycles. The second kappa shape index (κ2) is 12.4. The molecule has 0 spiro atoms. The molecule has 8 heteroatoms. The molecule has 0 radical (unpaired) electrons. The van der Waals surface area contributed by atoms with Crippen LogP contribution in [0.15, 0.2) is 48.5 Å². The fourth-order valence-corrected chi connectivity index (χ4v) is 4.64. The number of alkyl halides is 1. The van der Waals surface area contributed by atoms with Crippen molar-refractivity contribution in [3.8, 4) is 0 Å². The standard InChI is InChI=1S/C29H35FO7/c1-18-16-19(2)24(27(32)33)21(17-18)12-8-14-23-26(37-29(3,4)36-23)25(22(30)13-9-15-31)35-28(34)20-10-6-5-7-11-20/h5-8,10-12,16-17,22-23,25-26,31H,9,13-15H2,1-4H3,(H,32,33)/b12-8+/t22?,23-,25?,26-/m0/s1. The average Bonchev–Trinajstić information content (AvgIpc) is 3.14. The molecular formula is C29H35FO7. The first-order chi connectivity index (χ1) is 17.5. The normalized spacial score (nSPS) is 20.6.